The number of aryl methyl sites for hydroxylation is 1. The van der Waals surface area contributed by atoms with Crippen molar-refractivity contribution >= 4 is 28.2 Å². The molecule has 1 aliphatic carbocycles. The van der Waals surface area contributed by atoms with E-state index >= 15 is 0 Å². The van der Waals surface area contributed by atoms with Gasteiger partial charge < -0.3 is 15.7 Å². The Morgan fingerprint density at radius 2 is 1.93 bits per heavy atom. The second-order valence-electron chi connectivity index (χ2n) is 7.00. The molecule has 0 spiro atoms. The van der Waals surface area contributed by atoms with Gasteiger partial charge in [-0.05, 0) is 66.8 Å². The number of carbonyl (C=O) groups is 2. The van der Waals surface area contributed by atoms with Gasteiger partial charge in [0.25, 0.3) is 11.8 Å². The topological polar surface area (TPSA) is 78.4 Å². The molecular weight excluding hydrogens is 391 g/mol. The molecule has 0 aliphatic heterocycles. The molecule has 29 heavy (non-hydrogen) atoms. The highest BCUT2D eigenvalue weighted by molar-refractivity contribution is 7.18. The van der Waals surface area contributed by atoms with Gasteiger partial charge in [0.15, 0.2) is 0 Å². The summed E-state index contributed by atoms with van der Waals surface area (Å²) in [5.74, 6) is -0.880. The Labute approximate surface area is 171 Å². The molecule has 2 amide bonds. The first-order valence-electron chi connectivity index (χ1n) is 9.21. The Kier molecular flexibility index (Phi) is 5.07. The first-order valence-corrected chi connectivity index (χ1v) is 10.0. The first-order chi connectivity index (χ1) is 13.9. The van der Waals surface area contributed by atoms with Crippen LogP contribution in [0.25, 0.3) is 0 Å². The number of hydrogen-bond acceptors (Lipinski definition) is 4. The van der Waals surface area contributed by atoms with Crippen molar-refractivity contribution in [2.45, 2.75) is 25.8 Å². The molecule has 0 saturated carbocycles. The third-order valence-corrected chi connectivity index (χ3v) is 6.15. The summed E-state index contributed by atoms with van der Waals surface area (Å²) in [6, 6.07) is 12.3. The van der Waals surface area contributed by atoms with Crippen LogP contribution in [0.1, 0.15) is 49.2 Å². The zero-order chi connectivity index (χ0) is 20.5. The summed E-state index contributed by atoms with van der Waals surface area (Å²) in [6.45, 7) is 1.80. The van der Waals surface area contributed by atoms with Crippen LogP contribution in [-0.2, 0) is 6.42 Å². The van der Waals surface area contributed by atoms with Gasteiger partial charge in [-0.2, -0.15) is 0 Å². The average Bonchev–Trinajstić information content (AvgIpc) is 3.26. The van der Waals surface area contributed by atoms with Gasteiger partial charge in [-0.3, -0.25) is 9.59 Å². The number of aromatic hydroxyl groups is 1. The summed E-state index contributed by atoms with van der Waals surface area (Å²) >= 11 is 1.18. The van der Waals surface area contributed by atoms with Gasteiger partial charge in [0, 0.05) is 5.56 Å². The van der Waals surface area contributed by atoms with E-state index in [1.54, 1.807) is 25.1 Å². The number of halogens is 1. The maximum atomic E-state index is 13.3. The lowest BCUT2D eigenvalue weighted by atomic mass is 10.1. The number of phenols is 1. The number of thiophene rings is 1. The Morgan fingerprint density at radius 1 is 1.14 bits per heavy atom. The van der Waals surface area contributed by atoms with E-state index in [0.29, 0.717) is 16.3 Å². The fraction of sp³-hybridized carbons (Fsp3) is 0.182. The predicted octanol–water partition coefficient (Wildman–Crippen LogP) is 4.57. The fourth-order valence-corrected chi connectivity index (χ4v) is 4.56. The van der Waals surface area contributed by atoms with Gasteiger partial charge in [0.1, 0.15) is 11.6 Å². The summed E-state index contributed by atoms with van der Waals surface area (Å²) in [5, 5.41) is 16.2. The van der Waals surface area contributed by atoms with Crippen LogP contribution in [0.3, 0.4) is 0 Å². The number of nitrogens with one attached hydrogen (secondary N) is 2. The molecule has 1 heterocycles. The molecule has 148 valence electrons. The van der Waals surface area contributed by atoms with Gasteiger partial charge in [-0.25, -0.2) is 4.39 Å². The second kappa shape index (κ2) is 7.67. The third kappa shape index (κ3) is 3.86. The van der Waals surface area contributed by atoms with E-state index in [2.05, 4.69) is 10.6 Å². The molecular formula is C22H19FN2O3S. The predicted molar refractivity (Wildman–Crippen MR) is 110 cm³/mol. The molecule has 7 heteroatoms. The Hall–Kier alpha value is -3.19. The van der Waals surface area contributed by atoms with E-state index in [0.717, 1.165) is 29.2 Å². The van der Waals surface area contributed by atoms with Gasteiger partial charge in [0.2, 0.25) is 0 Å². The van der Waals surface area contributed by atoms with E-state index < -0.39 is 11.7 Å². The Balaban J connectivity index is 1.48. The number of rotatable bonds is 4. The van der Waals surface area contributed by atoms with Crippen LogP contribution in [0.15, 0.2) is 48.5 Å². The largest absolute Gasteiger partial charge is 0.508 e. The lowest BCUT2D eigenvalue weighted by Gasteiger charge is -2.14. The SMILES string of the molecule is Cc1cc(NC(=O)c2cccc(F)c2)sc1C(=O)NC1CCc2c(O)cccc21. The highest BCUT2D eigenvalue weighted by atomic mass is 32.1. The van der Waals surface area contributed by atoms with Crippen molar-refractivity contribution in [2.24, 2.45) is 0 Å². The van der Waals surface area contributed by atoms with Crippen molar-refractivity contribution in [3.05, 3.63) is 81.5 Å². The van der Waals surface area contributed by atoms with Crippen LogP contribution in [0.5, 0.6) is 5.75 Å². The second-order valence-corrected chi connectivity index (χ2v) is 8.05. The number of carbonyl (C=O) groups excluding carboxylic acids is 2. The minimum absolute atomic E-state index is 0.156. The van der Waals surface area contributed by atoms with Crippen LogP contribution in [-0.4, -0.2) is 16.9 Å². The van der Waals surface area contributed by atoms with Gasteiger partial charge in [-0.1, -0.05) is 18.2 Å². The molecule has 1 atom stereocenters. The van der Waals surface area contributed by atoms with Crippen molar-refractivity contribution < 1.29 is 19.1 Å². The van der Waals surface area contributed by atoms with Crippen LogP contribution in [0.4, 0.5) is 9.39 Å². The highest BCUT2D eigenvalue weighted by Gasteiger charge is 2.27. The van der Waals surface area contributed by atoms with Crippen LogP contribution in [0.2, 0.25) is 0 Å². The van der Waals surface area contributed by atoms with E-state index in [1.807, 2.05) is 6.07 Å². The molecule has 2 aromatic carbocycles. The van der Waals surface area contributed by atoms with Crippen molar-refractivity contribution in [3.63, 3.8) is 0 Å². The number of fused-ring (bicyclic) bond motifs is 1. The van der Waals surface area contributed by atoms with Crippen molar-refractivity contribution in [1.82, 2.24) is 5.32 Å². The maximum Gasteiger partial charge on any atom is 0.262 e. The molecule has 5 nitrogen and oxygen atoms in total. The van der Waals surface area contributed by atoms with E-state index in [1.165, 1.54) is 29.5 Å². The van der Waals surface area contributed by atoms with Crippen LogP contribution >= 0.6 is 11.3 Å². The molecule has 0 saturated heterocycles. The number of hydrogen-bond donors (Lipinski definition) is 3. The number of amides is 2. The van der Waals surface area contributed by atoms with Crippen LogP contribution < -0.4 is 10.6 Å². The van der Waals surface area contributed by atoms with E-state index in [4.69, 9.17) is 0 Å². The standard InChI is InChI=1S/C22H19FN2O3S/c1-12-10-19(25-21(27)13-4-2-5-14(23)11-13)29-20(12)22(28)24-17-9-8-16-15(17)6-3-7-18(16)26/h2-7,10-11,17,26H,8-9H2,1H3,(H,24,28)(H,25,27). The fourth-order valence-electron chi connectivity index (χ4n) is 3.59. The Bertz CT molecular complexity index is 1110. The molecule has 3 N–H and O–H groups in total. The smallest absolute Gasteiger partial charge is 0.262 e. The normalized spacial score (nSPS) is 15.0. The quantitative estimate of drug-likeness (QED) is 0.590. The minimum atomic E-state index is -0.483. The minimum Gasteiger partial charge on any atom is -0.508 e. The summed E-state index contributed by atoms with van der Waals surface area (Å²) in [7, 11) is 0. The summed E-state index contributed by atoms with van der Waals surface area (Å²) < 4.78 is 13.3. The molecule has 0 fully saturated rings. The number of benzene rings is 2. The van der Waals surface area contributed by atoms with Crippen molar-refractivity contribution in [2.75, 3.05) is 5.32 Å². The number of phenolic OH excluding ortho intramolecular Hbond substituents is 1. The average molecular weight is 410 g/mol. The van der Waals surface area contributed by atoms with Gasteiger partial charge in [0.05, 0.1) is 15.9 Å². The summed E-state index contributed by atoms with van der Waals surface area (Å²) in [5.41, 5.74) is 2.77. The molecule has 1 unspecified atom stereocenters. The lowest BCUT2D eigenvalue weighted by molar-refractivity contribution is 0.0939. The monoisotopic (exact) mass is 410 g/mol. The molecule has 3 aromatic rings. The van der Waals surface area contributed by atoms with Crippen molar-refractivity contribution in [3.8, 4) is 5.75 Å². The van der Waals surface area contributed by atoms with E-state index in [-0.39, 0.29) is 23.3 Å². The van der Waals surface area contributed by atoms with Crippen molar-refractivity contribution in [1.29, 1.82) is 0 Å². The first kappa shape index (κ1) is 19.1. The maximum absolute atomic E-state index is 13.3. The Morgan fingerprint density at radius 3 is 2.72 bits per heavy atom. The zero-order valence-electron chi connectivity index (χ0n) is 15.7. The molecule has 1 aromatic heterocycles. The zero-order valence-corrected chi connectivity index (χ0v) is 16.5. The van der Waals surface area contributed by atoms with Crippen LogP contribution in [0, 0.1) is 12.7 Å². The van der Waals surface area contributed by atoms with E-state index in [9.17, 15) is 19.1 Å². The van der Waals surface area contributed by atoms with Gasteiger partial charge in [-0.15, -0.1) is 11.3 Å². The molecule has 4 rings (SSSR count). The van der Waals surface area contributed by atoms with Gasteiger partial charge >= 0.3 is 0 Å². The number of anilines is 1. The molecule has 0 radical (unpaired) electrons. The summed E-state index contributed by atoms with van der Waals surface area (Å²) in [6.07, 6.45) is 1.44. The molecule has 0 bridgehead atoms. The molecule has 1 aliphatic rings. The summed E-state index contributed by atoms with van der Waals surface area (Å²) in [4.78, 5) is 25.6. The highest BCUT2D eigenvalue weighted by Crippen LogP contribution is 2.37. The lowest BCUT2D eigenvalue weighted by Crippen LogP contribution is -2.26. The third-order valence-electron chi connectivity index (χ3n) is 5.00.